The van der Waals surface area contributed by atoms with Gasteiger partial charge in [-0.05, 0) is 43.5 Å². The van der Waals surface area contributed by atoms with Crippen molar-refractivity contribution in [1.29, 1.82) is 0 Å². The van der Waals surface area contributed by atoms with Crippen molar-refractivity contribution in [1.82, 2.24) is 4.98 Å². The van der Waals surface area contributed by atoms with Crippen LogP contribution < -0.4 is 9.64 Å². The Bertz CT molecular complexity index is 594. The highest BCUT2D eigenvalue weighted by Crippen LogP contribution is 2.38. The second-order valence-electron chi connectivity index (χ2n) is 4.97. The topological polar surface area (TPSA) is 45.6 Å². The monoisotopic (exact) mass is 290 g/mol. The summed E-state index contributed by atoms with van der Waals surface area (Å²) in [4.78, 5) is 7.89. The van der Waals surface area contributed by atoms with Crippen molar-refractivity contribution in [2.75, 3.05) is 19.1 Å². The number of benzene rings is 1. The smallest absolute Gasteiger partial charge is 0.190 e. The second-order valence-corrected chi connectivity index (χ2v) is 6.03. The minimum absolute atomic E-state index is 0.395. The number of nitrogens with zero attached hydrogens (tertiary/aromatic N) is 2. The number of aliphatic hydroxyl groups is 1. The molecule has 1 aliphatic carbocycles. The number of hydrogen-bond donors (Lipinski definition) is 1. The molecular formula is C15H18N2O2S. The molecule has 0 fully saturated rings. The molecule has 1 unspecified atom stereocenters. The molecule has 20 heavy (non-hydrogen) atoms. The van der Waals surface area contributed by atoms with Crippen molar-refractivity contribution in [3.63, 3.8) is 0 Å². The largest absolute Gasteiger partial charge is 0.497 e. The fourth-order valence-electron chi connectivity index (χ4n) is 2.44. The third-order valence-corrected chi connectivity index (χ3v) is 4.87. The molecule has 2 aromatic rings. The van der Waals surface area contributed by atoms with Crippen LogP contribution in [0.3, 0.4) is 0 Å². The van der Waals surface area contributed by atoms with Crippen molar-refractivity contribution in [2.24, 2.45) is 0 Å². The average molecular weight is 290 g/mol. The van der Waals surface area contributed by atoms with Crippen molar-refractivity contribution < 1.29 is 9.84 Å². The summed E-state index contributed by atoms with van der Waals surface area (Å²) in [6.45, 7) is 0. The molecule has 1 atom stereocenters. The molecule has 5 heteroatoms. The van der Waals surface area contributed by atoms with Crippen LogP contribution in [0, 0.1) is 0 Å². The van der Waals surface area contributed by atoms with Crippen LogP contribution in [0.4, 0.5) is 10.8 Å². The van der Waals surface area contributed by atoms with Gasteiger partial charge in [0.25, 0.3) is 0 Å². The second kappa shape index (κ2) is 5.42. The van der Waals surface area contributed by atoms with E-state index in [0.29, 0.717) is 0 Å². The first kappa shape index (κ1) is 13.4. The Morgan fingerprint density at radius 1 is 1.35 bits per heavy atom. The van der Waals surface area contributed by atoms with Crippen LogP contribution in [-0.2, 0) is 6.42 Å². The van der Waals surface area contributed by atoms with Crippen LogP contribution in [0.5, 0.6) is 5.75 Å². The number of aromatic nitrogens is 1. The Morgan fingerprint density at radius 3 is 2.75 bits per heavy atom. The first-order chi connectivity index (χ1) is 9.69. The predicted octanol–water partition coefficient (Wildman–Crippen LogP) is 3.29. The van der Waals surface area contributed by atoms with Crippen molar-refractivity contribution >= 4 is 22.2 Å². The Morgan fingerprint density at radius 2 is 2.10 bits per heavy atom. The molecule has 1 N–H and O–H groups in total. The summed E-state index contributed by atoms with van der Waals surface area (Å²) in [6.07, 6.45) is 2.50. The minimum atomic E-state index is -0.395. The van der Waals surface area contributed by atoms with Crippen LogP contribution in [0.15, 0.2) is 24.3 Å². The lowest BCUT2D eigenvalue weighted by molar-refractivity contribution is 0.153. The van der Waals surface area contributed by atoms with E-state index in [1.807, 2.05) is 31.3 Å². The quantitative estimate of drug-likeness (QED) is 0.942. The summed E-state index contributed by atoms with van der Waals surface area (Å²) in [6, 6.07) is 7.90. The van der Waals surface area contributed by atoms with Gasteiger partial charge in [0.1, 0.15) is 5.75 Å². The van der Waals surface area contributed by atoms with E-state index in [1.165, 1.54) is 4.88 Å². The molecule has 1 aromatic heterocycles. The van der Waals surface area contributed by atoms with Crippen LogP contribution >= 0.6 is 11.3 Å². The zero-order valence-electron chi connectivity index (χ0n) is 11.7. The molecule has 3 rings (SSSR count). The molecule has 0 amide bonds. The van der Waals surface area contributed by atoms with Crippen LogP contribution in [-0.4, -0.2) is 24.2 Å². The number of aryl methyl sites for hydroxylation is 1. The van der Waals surface area contributed by atoms with E-state index in [9.17, 15) is 5.11 Å². The number of thiazole rings is 1. The third kappa shape index (κ3) is 2.39. The molecule has 1 aliphatic rings. The highest BCUT2D eigenvalue weighted by molar-refractivity contribution is 7.15. The van der Waals surface area contributed by atoms with Crippen molar-refractivity contribution in [3.05, 3.63) is 34.8 Å². The average Bonchev–Trinajstić information content (AvgIpc) is 2.92. The molecule has 1 heterocycles. The summed E-state index contributed by atoms with van der Waals surface area (Å²) in [7, 11) is 3.66. The normalized spacial score (nSPS) is 17.6. The number of anilines is 2. The minimum Gasteiger partial charge on any atom is -0.497 e. The van der Waals surface area contributed by atoms with Gasteiger partial charge >= 0.3 is 0 Å². The Hall–Kier alpha value is -1.59. The van der Waals surface area contributed by atoms with Gasteiger partial charge in [-0.2, -0.15) is 0 Å². The van der Waals surface area contributed by atoms with Crippen LogP contribution in [0.25, 0.3) is 0 Å². The van der Waals surface area contributed by atoms with E-state index >= 15 is 0 Å². The fourth-order valence-corrected chi connectivity index (χ4v) is 3.58. The molecular weight excluding hydrogens is 272 g/mol. The van der Waals surface area contributed by atoms with E-state index in [4.69, 9.17) is 4.74 Å². The number of rotatable bonds is 3. The number of methoxy groups -OCH3 is 1. The van der Waals surface area contributed by atoms with Gasteiger partial charge in [-0.1, -0.05) is 0 Å². The highest BCUT2D eigenvalue weighted by atomic mass is 32.1. The highest BCUT2D eigenvalue weighted by Gasteiger charge is 2.24. The van der Waals surface area contributed by atoms with Gasteiger partial charge in [-0.25, -0.2) is 4.98 Å². The zero-order chi connectivity index (χ0) is 14.1. The van der Waals surface area contributed by atoms with Crippen LogP contribution in [0.2, 0.25) is 0 Å². The van der Waals surface area contributed by atoms with Crippen LogP contribution in [0.1, 0.15) is 29.5 Å². The Balaban J connectivity index is 1.88. The summed E-state index contributed by atoms with van der Waals surface area (Å²) >= 11 is 1.68. The molecule has 0 aliphatic heterocycles. The molecule has 4 nitrogen and oxygen atoms in total. The van der Waals surface area contributed by atoms with Gasteiger partial charge < -0.3 is 14.7 Å². The summed E-state index contributed by atoms with van der Waals surface area (Å²) in [5.74, 6) is 0.844. The van der Waals surface area contributed by atoms with Gasteiger partial charge in [0.2, 0.25) is 0 Å². The number of aliphatic hydroxyl groups excluding tert-OH is 1. The lowest BCUT2D eigenvalue weighted by atomic mass is 10.0. The molecule has 0 spiro atoms. The number of fused-ring (bicyclic) bond motifs is 1. The summed E-state index contributed by atoms with van der Waals surface area (Å²) < 4.78 is 5.17. The number of hydrogen-bond acceptors (Lipinski definition) is 5. The maximum Gasteiger partial charge on any atom is 0.190 e. The molecule has 0 bridgehead atoms. The Labute approximate surface area is 122 Å². The van der Waals surface area contributed by atoms with E-state index in [0.717, 1.165) is 41.5 Å². The Kier molecular flexibility index (Phi) is 3.63. The van der Waals surface area contributed by atoms with Gasteiger partial charge in [0.05, 0.1) is 18.9 Å². The SMILES string of the molecule is COc1ccc(N(C)c2nc3c(s2)CCCC3O)cc1. The summed E-state index contributed by atoms with van der Waals surface area (Å²) in [5.41, 5.74) is 1.93. The maximum absolute atomic E-state index is 10.0. The van der Waals surface area contributed by atoms with E-state index in [2.05, 4.69) is 9.88 Å². The first-order valence-corrected chi connectivity index (χ1v) is 7.56. The fraction of sp³-hybridized carbons (Fsp3) is 0.400. The first-order valence-electron chi connectivity index (χ1n) is 6.74. The predicted molar refractivity (Wildman–Crippen MR) is 81.1 cm³/mol. The summed E-state index contributed by atoms with van der Waals surface area (Å²) in [5, 5.41) is 10.9. The van der Waals surface area contributed by atoms with Gasteiger partial charge in [0.15, 0.2) is 5.13 Å². The molecule has 106 valence electrons. The zero-order valence-corrected chi connectivity index (χ0v) is 12.5. The third-order valence-electron chi connectivity index (χ3n) is 3.66. The van der Waals surface area contributed by atoms with Gasteiger partial charge in [-0.15, -0.1) is 11.3 Å². The van der Waals surface area contributed by atoms with E-state index in [1.54, 1.807) is 18.4 Å². The standard InChI is InChI=1S/C15H18N2O2S/c1-17(10-6-8-11(19-2)9-7-10)15-16-14-12(18)4-3-5-13(14)20-15/h6-9,12,18H,3-5H2,1-2H3. The molecule has 0 saturated carbocycles. The lowest BCUT2D eigenvalue weighted by Crippen LogP contribution is -2.10. The number of ether oxygens (including phenoxy) is 1. The van der Waals surface area contributed by atoms with Gasteiger partial charge in [-0.3, -0.25) is 0 Å². The van der Waals surface area contributed by atoms with E-state index < -0.39 is 6.10 Å². The van der Waals surface area contributed by atoms with Gasteiger partial charge in [0, 0.05) is 17.6 Å². The maximum atomic E-state index is 10.0. The van der Waals surface area contributed by atoms with Crippen molar-refractivity contribution in [2.45, 2.75) is 25.4 Å². The molecule has 0 saturated heterocycles. The molecule has 1 aromatic carbocycles. The van der Waals surface area contributed by atoms with E-state index in [-0.39, 0.29) is 0 Å². The van der Waals surface area contributed by atoms with Crippen molar-refractivity contribution in [3.8, 4) is 5.75 Å². The lowest BCUT2D eigenvalue weighted by Gasteiger charge is -2.16. The molecule has 0 radical (unpaired) electrons.